The Balaban J connectivity index is 1.68. The molecule has 174 valence electrons. The summed E-state index contributed by atoms with van der Waals surface area (Å²) in [4.78, 5) is 12.9. The smallest absolute Gasteiger partial charge is 0.251 e. The number of nitrogens with zero attached hydrogens (tertiary/aromatic N) is 1. The summed E-state index contributed by atoms with van der Waals surface area (Å²) in [6.07, 6.45) is 0.677. The number of hydrogen-bond donors (Lipinski definition) is 1. The zero-order valence-electron chi connectivity index (χ0n) is 18.9. The predicted octanol–water partition coefficient (Wildman–Crippen LogP) is 3.50. The van der Waals surface area contributed by atoms with Crippen LogP contribution in [0.15, 0.2) is 77.7 Å². The fourth-order valence-corrected chi connectivity index (χ4v) is 4.53. The molecule has 0 aliphatic carbocycles. The Kier molecular flexibility index (Phi) is 8.08. The molecule has 3 rings (SSSR count). The van der Waals surface area contributed by atoms with Crippen molar-refractivity contribution in [2.45, 2.75) is 17.9 Å². The Morgan fingerprint density at radius 3 is 2.27 bits per heavy atom. The van der Waals surface area contributed by atoms with Crippen molar-refractivity contribution >= 4 is 15.9 Å². The first-order valence-electron chi connectivity index (χ1n) is 10.4. The quantitative estimate of drug-likeness (QED) is 0.492. The number of sulfonamides is 1. The number of amides is 1. The molecule has 7 nitrogen and oxygen atoms in total. The van der Waals surface area contributed by atoms with E-state index in [1.54, 1.807) is 55.6 Å². The third-order valence-corrected chi connectivity index (χ3v) is 7.06. The van der Waals surface area contributed by atoms with Crippen molar-refractivity contribution in [1.29, 1.82) is 0 Å². The summed E-state index contributed by atoms with van der Waals surface area (Å²) in [5, 5.41) is 2.91. The minimum Gasteiger partial charge on any atom is -0.497 e. The van der Waals surface area contributed by atoms with E-state index >= 15 is 0 Å². The van der Waals surface area contributed by atoms with Gasteiger partial charge in [-0.25, -0.2) is 8.42 Å². The lowest BCUT2D eigenvalue weighted by Gasteiger charge is -2.19. The highest BCUT2D eigenvalue weighted by molar-refractivity contribution is 7.89. The summed E-state index contributed by atoms with van der Waals surface area (Å²) < 4.78 is 37.5. The van der Waals surface area contributed by atoms with Gasteiger partial charge in [0.1, 0.15) is 11.5 Å². The van der Waals surface area contributed by atoms with Gasteiger partial charge in [-0.05, 0) is 54.4 Å². The van der Waals surface area contributed by atoms with E-state index in [0.717, 1.165) is 11.3 Å². The van der Waals surface area contributed by atoms with Crippen LogP contribution in [0.2, 0.25) is 0 Å². The standard InChI is InChI=1S/C25H28N2O5S/c1-27(33(29,30)23-7-5-4-6-8-23)18-21-17-20(11-14-24(21)32-3)25(28)26-16-15-19-9-12-22(31-2)13-10-19/h4-14,17H,15-16,18H2,1-3H3,(H,26,28). The third kappa shape index (κ3) is 6.12. The number of hydrogen-bond acceptors (Lipinski definition) is 5. The van der Waals surface area contributed by atoms with E-state index in [9.17, 15) is 13.2 Å². The first kappa shape index (κ1) is 24.3. The molecule has 0 spiro atoms. The van der Waals surface area contributed by atoms with Gasteiger partial charge in [0.25, 0.3) is 5.91 Å². The van der Waals surface area contributed by atoms with E-state index in [-0.39, 0.29) is 17.3 Å². The maximum absolute atomic E-state index is 12.9. The number of carbonyl (C=O) groups is 1. The molecule has 0 aliphatic rings. The van der Waals surface area contributed by atoms with Gasteiger partial charge >= 0.3 is 0 Å². The summed E-state index contributed by atoms with van der Waals surface area (Å²) in [5.74, 6) is 1.06. The highest BCUT2D eigenvalue weighted by Gasteiger charge is 2.22. The van der Waals surface area contributed by atoms with E-state index in [2.05, 4.69) is 5.32 Å². The average Bonchev–Trinajstić information content (AvgIpc) is 2.84. The maximum atomic E-state index is 12.9. The molecule has 0 unspecified atom stereocenters. The molecule has 8 heteroatoms. The average molecular weight is 469 g/mol. The number of rotatable bonds is 10. The molecule has 3 aromatic rings. The van der Waals surface area contributed by atoms with Gasteiger partial charge in [-0.2, -0.15) is 4.31 Å². The second-order valence-electron chi connectivity index (χ2n) is 7.45. The Hall–Kier alpha value is -3.36. The summed E-state index contributed by atoms with van der Waals surface area (Å²) in [6.45, 7) is 0.530. The van der Waals surface area contributed by atoms with Crippen LogP contribution in [0.5, 0.6) is 11.5 Å². The highest BCUT2D eigenvalue weighted by atomic mass is 32.2. The molecule has 0 bridgehead atoms. The molecule has 0 saturated heterocycles. The van der Waals surface area contributed by atoms with E-state index in [0.29, 0.717) is 29.8 Å². The van der Waals surface area contributed by atoms with Crippen LogP contribution < -0.4 is 14.8 Å². The van der Waals surface area contributed by atoms with Crippen LogP contribution in [0.3, 0.4) is 0 Å². The lowest BCUT2D eigenvalue weighted by molar-refractivity contribution is 0.0954. The molecule has 0 aromatic heterocycles. The fourth-order valence-electron chi connectivity index (χ4n) is 3.36. The van der Waals surface area contributed by atoms with E-state index < -0.39 is 10.0 Å². The first-order chi connectivity index (χ1) is 15.8. The zero-order valence-corrected chi connectivity index (χ0v) is 19.8. The number of methoxy groups -OCH3 is 2. The third-order valence-electron chi connectivity index (χ3n) is 5.25. The molecular weight excluding hydrogens is 440 g/mol. The Morgan fingerprint density at radius 1 is 0.939 bits per heavy atom. The molecule has 0 heterocycles. The van der Waals surface area contributed by atoms with Crippen LogP contribution in [0, 0.1) is 0 Å². The molecule has 3 aromatic carbocycles. The molecule has 0 saturated carbocycles. The van der Waals surface area contributed by atoms with Crippen LogP contribution in [0.25, 0.3) is 0 Å². The summed E-state index contributed by atoms with van der Waals surface area (Å²) in [6, 6.07) is 20.9. The Bertz CT molecular complexity index is 1180. The van der Waals surface area contributed by atoms with Crippen LogP contribution in [-0.4, -0.2) is 46.4 Å². The lowest BCUT2D eigenvalue weighted by atomic mass is 10.1. The topological polar surface area (TPSA) is 84.9 Å². The van der Waals surface area contributed by atoms with Crippen molar-refractivity contribution in [3.05, 3.63) is 89.5 Å². The van der Waals surface area contributed by atoms with Gasteiger partial charge in [-0.3, -0.25) is 4.79 Å². The summed E-state index contributed by atoms with van der Waals surface area (Å²) >= 11 is 0. The molecule has 33 heavy (non-hydrogen) atoms. The molecule has 1 amide bonds. The van der Waals surface area contributed by atoms with Crippen molar-refractivity contribution in [3.8, 4) is 11.5 Å². The number of nitrogens with one attached hydrogen (secondary N) is 1. The van der Waals surface area contributed by atoms with E-state index in [1.165, 1.54) is 18.5 Å². The second-order valence-corrected chi connectivity index (χ2v) is 9.50. The Morgan fingerprint density at radius 2 is 1.64 bits per heavy atom. The van der Waals surface area contributed by atoms with Gasteiger partial charge in [-0.15, -0.1) is 0 Å². The molecule has 0 atom stereocenters. The molecular formula is C25H28N2O5S. The second kappa shape index (κ2) is 11.0. The lowest BCUT2D eigenvalue weighted by Crippen LogP contribution is -2.28. The molecule has 1 N–H and O–H groups in total. The minimum absolute atomic E-state index is 0.0629. The van der Waals surface area contributed by atoms with Gasteiger partial charge in [0.15, 0.2) is 0 Å². The molecule has 0 radical (unpaired) electrons. The van der Waals surface area contributed by atoms with Crippen molar-refractivity contribution in [2.75, 3.05) is 27.8 Å². The van der Waals surface area contributed by atoms with Gasteiger partial charge < -0.3 is 14.8 Å². The predicted molar refractivity (Wildman–Crippen MR) is 127 cm³/mol. The van der Waals surface area contributed by atoms with Gasteiger partial charge in [-0.1, -0.05) is 30.3 Å². The molecule has 0 fully saturated rings. The Labute approximate surface area is 195 Å². The van der Waals surface area contributed by atoms with E-state index in [4.69, 9.17) is 9.47 Å². The van der Waals surface area contributed by atoms with Gasteiger partial charge in [0, 0.05) is 31.3 Å². The van der Waals surface area contributed by atoms with Crippen LogP contribution in [0.1, 0.15) is 21.5 Å². The fraction of sp³-hybridized carbons (Fsp3) is 0.240. The van der Waals surface area contributed by atoms with Crippen LogP contribution in [-0.2, 0) is 23.0 Å². The van der Waals surface area contributed by atoms with Crippen molar-refractivity contribution in [3.63, 3.8) is 0 Å². The summed E-state index contributed by atoms with van der Waals surface area (Å²) in [5.41, 5.74) is 2.12. The zero-order chi connectivity index (χ0) is 23.8. The van der Waals surface area contributed by atoms with Crippen molar-refractivity contribution in [1.82, 2.24) is 9.62 Å². The summed E-state index contributed by atoms with van der Waals surface area (Å²) in [7, 11) is 0.958. The number of benzene rings is 3. The number of carbonyl (C=O) groups excluding carboxylic acids is 1. The monoisotopic (exact) mass is 468 g/mol. The minimum atomic E-state index is -3.68. The SMILES string of the molecule is COc1ccc(CCNC(=O)c2ccc(OC)c(CN(C)S(=O)(=O)c3ccccc3)c2)cc1. The van der Waals surface area contributed by atoms with Gasteiger partial charge in [0.2, 0.25) is 10.0 Å². The number of ether oxygens (including phenoxy) is 2. The highest BCUT2D eigenvalue weighted by Crippen LogP contribution is 2.24. The van der Waals surface area contributed by atoms with Gasteiger partial charge in [0.05, 0.1) is 19.1 Å². The van der Waals surface area contributed by atoms with Crippen LogP contribution >= 0.6 is 0 Å². The normalized spacial score (nSPS) is 11.3. The van der Waals surface area contributed by atoms with Crippen LogP contribution in [0.4, 0.5) is 0 Å². The largest absolute Gasteiger partial charge is 0.497 e. The molecule has 0 aliphatic heterocycles. The van der Waals surface area contributed by atoms with Crippen molar-refractivity contribution in [2.24, 2.45) is 0 Å². The van der Waals surface area contributed by atoms with E-state index in [1.807, 2.05) is 24.3 Å². The van der Waals surface area contributed by atoms with Crippen molar-refractivity contribution < 1.29 is 22.7 Å². The maximum Gasteiger partial charge on any atom is 0.251 e. The first-order valence-corrected chi connectivity index (χ1v) is 11.9.